The van der Waals surface area contributed by atoms with Crippen molar-refractivity contribution >= 4 is 12.1 Å². The van der Waals surface area contributed by atoms with Crippen LogP contribution in [-0.2, 0) is 20.4 Å². The maximum absolute atomic E-state index is 12.6. The lowest BCUT2D eigenvalue weighted by atomic mass is 10.0. The number of carbonyl (C=O) groups is 2. The molecule has 1 N–H and O–H groups in total. The zero-order valence-corrected chi connectivity index (χ0v) is 13.2. The summed E-state index contributed by atoms with van der Waals surface area (Å²) >= 11 is 0. The molecule has 1 aromatic rings. The first-order valence-corrected chi connectivity index (χ1v) is 6.68. The number of carbonyl (C=O) groups excluding carboxylic acids is 2. The number of nitrogens with one attached hydrogen (secondary N) is 1. The molecule has 1 atom stereocenters. The predicted octanol–water partition coefficient (Wildman–Crippen LogP) is 3.44. The Balaban J connectivity index is 2.99. The van der Waals surface area contributed by atoms with Gasteiger partial charge in [-0.1, -0.05) is 12.1 Å². The van der Waals surface area contributed by atoms with E-state index in [1.54, 1.807) is 20.8 Å². The summed E-state index contributed by atoms with van der Waals surface area (Å²) in [7, 11) is 1.11. The number of rotatable bonds is 3. The smallest absolute Gasteiger partial charge is 0.416 e. The fourth-order valence-electron chi connectivity index (χ4n) is 1.69. The van der Waals surface area contributed by atoms with Crippen LogP contribution in [0.3, 0.4) is 0 Å². The normalized spacial score (nSPS) is 13.2. The van der Waals surface area contributed by atoms with Gasteiger partial charge in [0.15, 0.2) is 6.04 Å². The minimum atomic E-state index is -4.49. The zero-order valence-electron chi connectivity index (χ0n) is 13.2. The van der Waals surface area contributed by atoms with E-state index < -0.39 is 35.4 Å². The van der Waals surface area contributed by atoms with Crippen molar-refractivity contribution in [2.45, 2.75) is 38.6 Å². The second-order valence-electron chi connectivity index (χ2n) is 5.72. The molecule has 1 aromatic carbocycles. The maximum atomic E-state index is 12.6. The number of halogens is 3. The summed E-state index contributed by atoms with van der Waals surface area (Å²) in [6, 6.07) is 2.57. The fraction of sp³-hybridized carbons (Fsp3) is 0.467. The van der Waals surface area contributed by atoms with Crippen LogP contribution in [0, 0.1) is 0 Å². The molecule has 8 heteroatoms. The number of amides is 1. The molecule has 5 nitrogen and oxygen atoms in total. The maximum Gasteiger partial charge on any atom is 0.416 e. The number of ether oxygens (including phenoxy) is 2. The molecule has 0 aliphatic rings. The van der Waals surface area contributed by atoms with Crippen molar-refractivity contribution in [1.82, 2.24) is 5.32 Å². The average Bonchev–Trinajstić information content (AvgIpc) is 2.41. The van der Waals surface area contributed by atoms with Gasteiger partial charge in [0, 0.05) is 0 Å². The highest BCUT2D eigenvalue weighted by Crippen LogP contribution is 2.30. The third-order valence-electron chi connectivity index (χ3n) is 2.67. The number of methoxy groups -OCH3 is 1. The highest BCUT2D eigenvalue weighted by Gasteiger charge is 2.31. The van der Waals surface area contributed by atoms with Gasteiger partial charge in [0.1, 0.15) is 5.60 Å². The quantitative estimate of drug-likeness (QED) is 0.861. The van der Waals surface area contributed by atoms with E-state index in [1.807, 2.05) is 0 Å². The first-order valence-electron chi connectivity index (χ1n) is 6.68. The van der Waals surface area contributed by atoms with Crippen molar-refractivity contribution < 1.29 is 32.2 Å². The lowest BCUT2D eigenvalue weighted by Crippen LogP contribution is -2.38. The third kappa shape index (κ3) is 5.80. The molecule has 0 saturated carbocycles. The van der Waals surface area contributed by atoms with Gasteiger partial charge in [-0.25, -0.2) is 9.59 Å². The van der Waals surface area contributed by atoms with E-state index in [4.69, 9.17) is 4.74 Å². The summed E-state index contributed by atoms with van der Waals surface area (Å²) in [4.78, 5) is 23.5. The van der Waals surface area contributed by atoms with Gasteiger partial charge < -0.3 is 14.8 Å². The van der Waals surface area contributed by atoms with Crippen molar-refractivity contribution in [2.24, 2.45) is 0 Å². The molecular weight excluding hydrogens is 315 g/mol. The van der Waals surface area contributed by atoms with Crippen LogP contribution in [0.2, 0.25) is 0 Å². The van der Waals surface area contributed by atoms with Crippen LogP contribution >= 0.6 is 0 Å². The number of hydrogen-bond acceptors (Lipinski definition) is 4. The summed E-state index contributed by atoms with van der Waals surface area (Å²) < 4.78 is 47.3. The Morgan fingerprint density at radius 2 is 1.61 bits per heavy atom. The second-order valence-corrected chi connectivity index (χ2v) is 5.72. The molecule has 0 aliphatic heterocycles. The molecule has 1 rings (SSSR count). The molecule has 0 aliphatic carbocycles. The lowest BCUT2D eigenvalue weighted by molar-refractivity contribution is -0.143. The molecule has 0 spiro atoms. The van der Waals surface area contributed by atoms with Gasteiger partial charge in [-0.2, -0.15) is 13.2 Å². The van der Waals surface area contributed by atoms with Crippen LogP contribution < -0.4 is 5.32 Å². The van der Waals surface area contributed by atoms with Gasteiger partial charge in [-0.15, -0.1) is 0 Å². The van der Waals surface area contributed by atoms with Crippen LogP contribution in [0.5, 0.6) is 0 Å². The van der Waals surface area contributed by atoms with Crippen LogP contribution in [0.4, 0.5) is 18.0 Å². The fourth-order valence-corrected chi connectivity index (χ4v) is 1.69. The largest absolute Gasteiger partial charge is 0.467 e. The standard InChI is InChI=1S/C15H18F3NO4/c1-14(2,3)23-13(21)19-11(12(20)22-4)9-5-7-10(8-6-9)15(16,17)18/h5-8,11H,1-4H3,(H,19,21). The Hall–Kier alpha value is -2.25. The van der Waals surface area contributed by atoms with Crippen molar-refractivity contribution in [3.8, 4) is 0 Å². The first-order chi connectivity index (χ1) is 10.4. The van der Waals surface area contributed by atoms with E-state index in [0.717, 1.165) is 31.4 Å². The summed E-state index contributed by atoms with van der Waals surface area (Å²) in [5.41, 5.74) is -1.50. The summed E-state index contributed by atoms with van der Waals surface area (Å²) in [6.45, 7) is 4.91. The molecule has 0 saturated heterocycles. The number of alkyl halides is 3. The Morgan fingerprint density at radius 3 is 2.00 bits per heavy atom. The molecule has 1 unspecified atom stereocenters. The van der Waals surface area contributed by atoms with Crippen LogP contribution in [0.15, 0.2) is 24.3 Å². The molecular formula is C15H18F3NO4. The Kier molecular flexibility index (Phi) is 5.63. The van der Waals surface area contributed by atoms with E-state index in [-0.39, 0.29) is 5.56 Å². The molecule has 0 heterocycles. The van der Waals surface area contributed by atoms with E-state index in [9.17, 15) is 22.8 Å². The molecule has 0 aromatic heterocycles. The van der Waals surface area contributed by atoms with Crippen molar-refractivity contribution in [3.05, 3.63) is 35.4 Å². The van der Waals surface area contributed by atoms with Crippen molar-refractivity contribution in [3.63, 3.8) is 0 Å². The van der Waals surface area contributed by atoms with Crippen LogP contribution in [0.25, 0.3) is 0 Å². The molecule has 1 amide bonds. The average molecular weight is 333 g/mol. The van der Waals surface area contributed by atoms with E-state index in [1.165, 1.54) is 0 Å². The minimum absolute atomic E-state index is 0.149. The molecule has 23 heavy (non-hydrogen) atoms. The van der Waals surface area contributed by atoms with Crippen molar-refractivity contribution in [1.29, 1.82) is 0 Å². The monoisotopic (exact) mass is 333 g/mol. The lowest BCUT2D eigenvalue weighted by Gasteiger charge is -2.23. The van der Waals surface area contributed by atoms with E-state index >= 15 is 0 Å². The van der Waals surface area contributed by atoms with Gasteiger partial charge in [-0.3, -0.25) is 0 Å². The van der Waals surface area contributed by atoms with Gasteiger partial charge in [0.25, 0.3) is 0 Å². The number of benzene rings is 1. The van der Waals surface area contributed by atoms with Gasteiger partial charge in [0.2, 0.25) is 0 Å². The van der Waals surface area contributed by atoms with Crippen molar-refractivity contribution in [2.75, 3.05) is 7.11 Å². The highest BCUT2D eigenvalue weighted by molar-refractivity contribution is 5.82. The van der Waals surface area contributed by atoms with E-state index in [2.05, 4.69) is 10.1 Å². The number of hydrogen-bond donors (Lipinski definition) is 1. The molecule has 0 bridgehead atoms. The summed E-state index contributed by atoms with van der Waals surface area (Å²) in [5.74, 6) is -0.824. The number of alkyl carbamates (subject to hydrolysis) is 1. The van der Waals surface area contributed by atoms with Gasteiger partial charge >= 0.3 is 18.2 Å². The SMILES string of the molecule is COC(=O)C(NC(=O)OC(C)(C)C)c1ccc(C(F)(F)F)cc1. The van der Waals surface area contributed by atoms with Crippen LogP contribution in [0.1, 0.15) is 37.9 Å². The van der Waals surface area contributed by atoms with E-state index in [0.29, 0.717) is 0 Å². The molecule has 128 valence electrons. The highest BCUT2D eigenvalue weighted by atomic mass is 19.4. The van der Waals surface area contributed by atoms with Gasteiger partial charge in [-0.05, 0) is 38.5 Å². The summed E-state index contributed by atoms with van der Waals surface area (Å²) in [6.07, 6.45) is -5.37. The number of esters is 1. The Morgan fingerprint density at radius 1 is 1.09 bits per heavy atom. The third-order valence-corrected chi connectivity index (χ3v) is 2.67. The zero-order chi connectivity index (χ0) is 17.8. The predicted molar refractivity (Wildman–Crippen MR) is 75.6 cm³/mol. The molecule has 0 fully saturated rings. The second kappa shape index (κ2) is 6.89. The Bertz CT molecular complexity index is 562. The molecule has 0 radical (unpaired) electrons. The minimum Gasteiger partial charge on any atom is -0.467 e. The van der Waals surface area contributed by atoms with Gasteiger partial charge in [0.05, 0.1) is 12.7 Å². The summed E-state index contributed by atoms with van der Waals surface area (Å²) in [5, 5.41) is 2.28. The first kappa shape index (κ1) is 18.8. The topological polar surface area (TPSA) is 64.6 Å². The Labute approximate surface area is 131 Å². The van der Waals surface area contributed by atoms with Crippen LogP contribution in [-0.4, -0.2) is 24.8 Å².